The van der Waals surface area contributed by atoms with Crippen molar-refractivity contribution in [1.82, 2.24) is 0 Å². The van der Waals surface area contributed by atoms with Crippen molar-refractivity contribution in [3.05, 3.63) is 0 Å². The minimum Gasteiger partial charge on any atom is -0.390 e. The van der Waals surface area contributed by atoms with Crippen LogP contribution in [0.4, 0.5) is 0 Å². The van der Waals surface area contributed by atoms with Gasteiger partial charge in [0.25, 0.3) is 0 Å². The molecule has 2 radical (unpaired) electrons. The van der Waals surface area contributed by atoms with Crippen LogP contribution in [-0.4, -0.2) is 104 Å². The second-order valence-electron chi connectivity index (χ2n) is 2.32. The number of carbonyl (C=O) groups is 1. The van der Waals surface area contributed by atoms with Gasteiger partial charge in [-0.1, -0.05) is 0 Å². The van der Waals surface area contributed by atoms with E-state index in [1.54, 1.807) is 0 Å². The molecular weight excluding hydrogens is 249 g/mol. The molecule has 0 bridgehead atoms. The van der Waals surface area contributed by atoms with Crippen LogP contribution in [0.15, 0.2) is 0 Å². The van der Waals surface area contributed by atoms with Crippen LogP contribution in [0.2, 0.25) is 0 Å². The predicted octanol–water partition coefficient (Wildman–Crippen LogP) is -2.36. The van der Waals surface area contributed by atoms with Crippen molar-refractivity contribution in [2.24, 2.45) is 0 Å². The largest absolute Gasteiger partial charge is 0.469 e. The number of hydrogen-bond acceptors (Lipinski definition) is 5. The summed E-state index contributed by atoms with van der Waals surface area (Å²) >= 11 is 0. The molecule has 0 aromatic rings. The molecule has 0 aromatic carbocycles. The summed E-state index contributed by atoms with van der Waals surface area (Å²) in [5.41, 5.74) is 0. The maximum atomic E-state index is 10.1. The molecular formula is C5H11Na2O7P. The van der Waals surface area contributed by atoms with E-state index in [-0.39, 0.29) is 65.5 Å². The van der Waals surface area contributed by atoms with Crippen molar-refractivity contribution >= 4 is 73.2 Å². The number of aliphatic hydroxyl groups is 2. The quantitative estimate of drug-likeness (QED) is 0.239. The normalized spacial score (nSPS) is 14.4. The van der Waals surface area contributed by atoms with Crippen LogP contribution in [0.3, 0.4) is 0 Å². The Labute approximate surface area is 131 Å². The van der Waals surface area contributed by atoms with Gasteiger partial charge in [0.2, 0.25) is 0 Å². The van der Waals surface area contributed by atoms with Crippen LogP contribution in [-0.2, 0) is 13.9 Å². The van der Waals surface area contributed by atoms with Crippen molar-refractivity contribution in [3.8, 4) is 0 Å². The van der Waals surface area contributed by atoms with Gasteiger partial charge in [0, 0.05) is 65.5 Å². The second kappa shape index (κ2) is 10.8. The third-order valence-corrected chi connectivity index (χ3v) is 1.68. The Morgan fingerprint density at radius 1 is 1.20 bits per heavy atom. The van der Waals surface area contributed by atoms with Crippen molar-refractivity contribution in [2.75, 3.05) is 6.61 Å². The van der Waals surface area contributed by atoms with Gasteiger partial charge in [0.15, 0.2) is 0 Å². The van der Waals surface area contributed by atoms with Crippen LogP contribution >= 0.6 is 7.82 Å². The molecule has 7 nitrogen and oxygen atoms in total. The van der Waals surface area contributed by atoms with Crippen LogP contribution in [0.1, 0.15) is 6.42 Å². The third kappa shape index (κ3) is 13.6. The zero-order valence-electron chi connectivity index (χ0n) is 8.61. The fourth-order valence-electron chi connectivity index (χ4n) is 0.540. The minimum absolute atomic E-state index is 0. The van der Waals surface area contributed by atoms with Gasteiger partial charge in [-0.2, -0.15) is 0 Å². The topological polar surface area (TPSA) is 124 Å². The zero-order chi connectivity index (χ0) is 10.5. The van der Waals surface area contributed by atoms with Gasteiger partial charge < -0.3 is 24.8 Å². The molecule has 0 fully saturated rings. The van der Waals surface area contributed by atoms with Crippen molar-refractivity contribution in [3.63, 3.8) is 0 Å². The minimum atomic E-state index is -4.64. The van der Waals surface area contributed by atoms with E-state index in [2.05, 4.69) is 4.52 Å². The molecule has 0 saturated carbocycles. The molecule has 0 saturated heterocycles. The average molecular weight is 260 g/mol. The Balaban J connectivity index is -0.000000720. The number of carbonyl (C=O) groups excluding carboxylic acids is 1. The fourth-order valence-corrected chi connectivity index (χ4v) is 0.887. The summed E-state index contributed by atoms with van der Waals surface area (Å²) in [6.45, 7) is -0.723. The van der Waals surface area contributed by atoms with Gasteiger partial charge in [-0.15, -0.1) is 0 Å². The van der Waals surface area contributed by atoms with Crippen LogP contribution < -0.4 is 0 Å². The number of hydrogen-bond donors (Lipinski definition) is 4. The summed E-state index contributed by atoms with van der Waals surface area (Å²) in [5, 5.41) is 17.8. The van der Waals surface area contributed by atoms with E-state index in [0.717, 1.165) is 0 Å². The molecule has 0 aliphatic rings. The smallest absolute Gasteiger partial charge is 0.390 e. The van der Waals surface area contributed by atoms with Crippen LogP contribution in [0, 0.1) is 0 Å². The standard InChI is InChI=1S/C5H11O7P.2Na/c6-2-1-4(7)5(8)3-12-13(9,10)11;;/h2,4-5,7-8H,1,3H2,(H2,9,10,11);;/t4-,5+;;/m0../s1. The van der Waals surface area contributed by atoms with E-state index >= 15 is 0 Å². The van der Waals surface area contributed by atoms with Gasteiger partial charge in [-0.25, -0.2) is 4.57 Å². The van der Waals surface area contributed by atoms with E-state index in [1.165, 1.54) is 0 Å². The molecule has 4 N–H and O–H groups in total. The molecule has 0 aromatic heterocycles. The second-order valence-corrected chi connectivity index (χ2v) is 3.56. The Kier molecular flexibility index (Phi) is 15.8. The zero-order valence-corrected chi connectivity index (χ0v) is 13.5. The summed E-state index contributed by atoms with van der Waals surface area (Å²) in [7, 11) is -4.64. The molecule has 10 heteroatoms. The van der Waals surface area contributed by atoms with E-state index in [1.807, 2.05) is 0 Å². The Morgan fingerprint density at radius 2 is 1.67 bits per heavy atom. The van der Waals surface area contributed by atoms with Gasteiger partial charge in [-0.05, 0) is 0 Å². The molecule has 2 atom stereocenters. The third-order valence-electron chi connectivity index (χ3n) is 1.20. The SMILES string of the molecule is O=CC[C@H](O)[C@H](O)COP(=O)(O)O.[Na].[Na]. The Bertz CT molecular complexity index is 208. The van der Waals surface area contributed by atoms with E-state index in [4.69, 9.17) is 20.0 Å². The molecule has 15 heavy (non-hydrogen) atoms. The van der Waals surface area contributed by atoms with E-state index in [0.29, 0.717) is 6.29 Å². The molecule has 0 spiro atoms. The first-order valence-electron chi connectivity index (χ1n) is 3.36. The van der Waals surface area contributed by atoms with Crippen molar-refractivity contribution in [1.29, 1.82) is 0 Å². The summed E-state index contributed by atoms with van der Waals surface area (Å²) in [5.74, 6) is 0. The summed E-state index contributed by atoms with van der Waals surface area (Å²) in [6, 6.07) is 0. The summed E-state index contributed by atoms with van der Waals surface area (Å²) in [4.78, 5) is 26.3. The number of phosphoric acid groups is 1. The van der Waals surface area contributed by atoms with Crippen LogP contribution in [0.25, 0.3) is 0 Å². The number of aliphatic hydroxyl groups excluding tert-OH is 2. The molecule has 0 aliphatic carbocycles. The first-order valence-corrected chi connectivity index (χ1v) is 4.89. The van der Waals surface area contributed by atoms with E-state index in [9.17, 15) is 9.36 Å². The molecule has 80 valence electrons. The van der Waals surface area contributed by atoms with Gasteiger partial charge in [0.1, 0.15) is 12.4 Å². The van der Waals surface area contributed by atoms with Gasteiger partial charge in [0.05, 0.1) is 12.7 Å². The maximum absolute atomic E-state index is 10.1. The molecule has 0 aliphatic heterocycles. The predicted molar refractivity (Wildman–Crippen MR) is 52.2 cm³/mol. The molecule has 0 amide bonds. The number of aldehydes is 1. The number of phosphoric ester groups is 1. The van der Waals surface area contributed by atoms with Crippen molar-refractivity contribution in [2.45, 2.75) is 18.6 Å². The first-order chi connectivity index (χ1) is 5.87. The fraction of sp³-hybridized carbons (Fsp3) is 0.800. The first kappa shape index (κ1) is 21.9. The molecule has 0 unspecified atom stereocenters. The average Bonchev–Trinajstić information content (AvgIpc) is 1.99. The van der Waals surface area contributed by atoms with Crippen molar-refractivity contribution < 1.29 is 33.9 Å². The number of rotatable bonds is 6. The summed E-state index contributed by atoms with van der Waals surface area (Å²) in [6.07, 6.45) is -2.79. The molecule has 0 rings (SSSR count). The maximum Gasteiger partial charge on any atom is 0.469 e. The Hall–Kier alpha value is 1.70. The van der Waals surface area contributed by atoms with Gasteiger partial charge in [-0.3, -0.25) is 4.52 Å². The van der Waals surface area contributed by atoms with Gasteiger partial charge >= 0.3 is 7.82 Å². The van der Waals surface area contributed by atoms with Crippen LogP contribution in [0.5, 0.6) is 0 Å². The molecule has 0 heterocycles. The Morgan fingerprint density at radius 3 is 2.00 bits per heavy atom. The van der Waals surface area contributed by atoms with E-state index < -0.39 is 26.6 Å². The monoisotopic (exact) mass is 260 g/mol. The summed E-state index contributed by atoms with van der Waals surface area (Å²) < 4.78 is 14.0.